The predicted molar refractivity (Wildman–Crippen MR) is 116 cm³/mol. The number of nitrogens with one attached hydrogen (secondary N) is 1. The maximum absolute atomic E-state index is 12.7. The van der Waals surface area contributed by atoms with E-state index in [1.165, 1.54) is 0 Å². The molecular formula is C23H23N5O2. The normalized spacial score (nSPS) is 15.2. The Bertz CT molecular complexity index is 1150. The van der Waals surface area contributed by atoms with Gasteiger partial charge in [-0.05, 0) is 38.1 Å². The Morgan fingerprint density at radius 1 is 1.30 bits per heavy atom. The third-order valence-electron chi connectivity index (χ3n) is 4.86. The molecule has 1 aromatic carbocycles. The highest BCUT2D eigenvalue weighted by Gasteiger charge is 2.15. The molecule has 1 aliphatic heterocycles. The molecule has 0 aliphatic carbocycles. The van der Waals surface area contributed by atoms with Crippen LogP contribution in [0.25, 0.3) is 11.3 Å². The summed E-state index contributed by atoms with van der Waals surface area (Å²) in [6.07, 6.45) is 9.30. The van der Waals surface area contributed by atoms with E-state index in [-0.39, 0.29) is 11.9 Å². The number of amides is 1. The van der Waals surface area contributed by atoms with Gasteiger partial charge in [0.15, 0.2) is 0 Å². The maximum Gasteiger partial charge on any atom is 0.252 e. The summed E-state index contributed by atoms with van der Waals surface area (Å²) in [6.45, 7) is 4.29. The number of hydrogen-bond donors (Lipinski definition) is 1. The van der Waals surface area contributed by atoms with E-state index >= 15 is 0 Å². The van der Waals surface area contributed by atoms with Gasteiger partial charge in [-0.3, -0.25) is 19.5 Å². The fourth-order valence-electron chi connectivity index (χ4n) is 3.25. The van der Waals surface area contributed by atoms with Crippen molar-refractivity contribution in [2.45, 2.75) is 19.9 Å². The second kappa shape index (κ2) is 8.32. The maximum atomic E-state index is 12.7. The Morgan fingerprint density at radius 3 is 2.90 bits per heavy atom. The summed E-state index contributed by atoms with van der Waals surface area (Å²) < 4.78 is 7.81. The van der Waals surface area contributed by atoms with Crippen molar-refractivity contribution >= 4 is 11.6 Å². The van der Waals surface area contributed by atoms with E-state index in [1.807, 2.05) is 57.4 Å². The van der Waals surface area contributed by atoms with Crippen molar-refractivity contribution < 1.29 is 9.53 Å². The molecule has 7 nitrogen and oxygen atoms in total. The van der Waals surface area contributed by atoms with Gasteiger partial charge in [-0.25, -0.2) is 0 Å². The number of aromatic nitrogens is 3. The number of carbonyl (C=O) groups is 1. The molecule has 1 atom stereocenters. The molecule has 0 saturated heterocycles. The number of aryl methyl sites for hydroxylation is 1. The van der Waals surface area contributed by atoms with Crippen molar-refractivity contribution in [3.8, 4) is 22.8 Å². The standard InChI is InChI=1S/C23H23N5O2/c1-15-7-8-18(27-15)13-25-23(29)20-5-4-6-22(16(20)2)30-19-9-10-24-21(11-19)17-12-26-28(3)14-17/h4-12,14-15H,13H2,1-3H3,(H,25,29). The molecule has 3 aromatic rings. The third kappa shape index (κ3) is 4.30. The second-order valence-electron chi connectivity index (χ2n) is 7.21. The number of aliphatic imine (C=N–C) groups is 1. The zero-order valence-corrected chi connectivity index (χ0v) is 17.2. The lowest BCUT2D eigenvalue weighted by Crippen LogP contribution is -2.29. The van der Waals surface area contributed by atoms with Crippen LogP contribution in [0.2, 0.25) is 0 Å². The molecule has 3 heterocycles. The highest BCUT2D eigenvalue weighted by Crippen LogP contribution is 2.29. The smallest absolute Gasteiger partial charge is 0.252 e. The average molecular weight is 401 g/mol. The van der Waals surface area contributed by atoms with Crippen molar-refractivity contribution in [1.29, 1.82) is 0 Å². The SMILES string of the molecule is Cc1c(Oc2ccnc(-c3cnn(C)c3)c2)cccc1C(=O)NCC1=NC(C)C=C1. The van der Waals surface area contributed by atoms with Gasteiger partial charge in [0.05, 0.1) is 30.2 Å². The van der Waals surface area contributed by atoms with E-state index in [2.05, 4.69) is 20.4 Å². The van der Waals surface area contributed by atoms with Gasteiger partial charge in [0.25, 0.3) is 5.91 Å². The van der Waals surface area contributed by atoms with Crippen LogP contribution in [0, 0.1) is 6.92 Å². The molecule has 0 spiro atoms. The van der Waals surface area contributed by atoms with E-state index in [0.717, 1.165) is 22.5 Å². The lowest BCUT2D eigenvalue weighted by atomic mass is 10.1. The van der Waals surface area contributed by atoms with Crippen molar-refractivity contribution in [2.24, 2.45) is 12.0 Å². The van der Waals surface area contributed by atoms with Crippen molar-refractivity contribution in [3.05, 3.63) is 72.2 Å². The molecule has 1 aliphatic rings. The van der Waals surface area contributed by atoms with Gasteiger partial charge in [-0.1, -0.05) is 12.1 Å². The minimum absolute atomic E-state index is 0.153. The molecule has 2 aromatic heterocycles. The fourth-order valence-corrected chi connectivity index (χ4v) is 3.25. The Kier molecular flexibility index (Phi) is 5.43. The van der Waals surface area contributed by atoms with E-state index < -0.39 is 0 Å². The summed E-state index contributed by atoms with van der Waals surface area (Å²) >= 11 is 0. The molecular weight excluding hydrogens is 378 g/mol. The molecule has 30 heavy (non-hydrogen) atoms. The number of hydrogen-bond acceptors (Lipinski definition) is 5. The summed E-state index contributed by atoms with van der Waals surface area (Å²) in [7, 11) is 1.86. The molecule has 0 saturated carbocycles. The summed E-state index contributed by atoms with van der Waals surface area (Å²) in [4.78, 5) is 21.5. The van der Waals surface area contributed by atoms with Crippen LogP contribution in [0.15, 0.2) is 66.1 Å². The molecule has 1 N–H and O–H groups in total. The first-order chi connectivity index (χ1) is 14.5. The van der Waals surface area contributed by atoms with E-state index in [9.17, 15) is 4.79 Å². The van der Waals surface area contributed by atoms with Gasteiger partial charge in [-0.15, -0.1) is 0 Å². The number of rotatable bonds is 6. The van der Waals surface area contributed by atoms with Crippen LogP contribution in [0.3, 0.4) is 0 Å². The van der Waals surface area contributed by atoms with Crippen LogP contribution in [0.1, 0.15) is 22.8 Å². The van der Waals surface area contributed by atoms with Gasteiger partial charge < -0.3 is 10.1 Å². The van der Waals surface area contributed by atoms with Gasteiger partial charge in [0.2, 0.25) is 0 Å². The molecule has 4 rings (SSSR count). The lowest BCUT2D eigenvalue weighted by molar-refractivity contribution is 0.0958. The van der Waals surface area contributed by atoms with Gasteiger partial charge >= 0.3 is 0 Å². The Labute approximate surface area is 175 Å². The average Bonchev–Trinajstić information content (AvgIpc) is 3.36. The second-order valence-corrected chi connectivity index (χ2v) is 7.21. The van der Waals surface area contributed by atoms with Gasteiger partial charge in [-0.2, -0.15) is 5.10 Å². The highest BCUT2D eigenvalue weighted by molar-refractivity contribution is 6.03. The van der Waals surface area contributed by atoms with Crippen molar-refractivity contribution in [3.63, 3.8) is 0 Å². The van der Waals surface area contributed by atoms with Crippen molar-refractivity contribution in [1.82, 2.24) is 20.1 Å². The lowest BCUT2D eigenvalue weighted by Gasteiger charge is -2.13. The van der Waals surface area contributed by atoms with Crippen LogP contribution in [0.4, 0.5) is 0 Å². The molecule has 7 heteroatoms. The van der Waals surface area contributed by atoms with E-state index in [0.29, 0.717) is 23.6 Å². The van der Waals surface area contributed by atoms with E-state index in [4.69, 9.17) is 4.74 Å². The van der Waals surface area contributed by atoms with Crippen LogP contribution in [0.5, 0.6) is 11.5 Å². The first-order valence-electron chi connectivity index (χ1n) is 9.75. The molecule has 1 unspecified atom stereocenters. The summed E-state index contributed by atoms with van der Waals surface area (Å²) in [5, 5.41) is 7.11. The van der Waals surface area contributed by atoms with Crippen LogP contribution in [-0.2, 0) is 7.05 Å². The third-order valence-corrected chi connectivity index (χ3v) is 4.86. The minimum atomic E-state index is -0.153. The molecule has 0 radical (unpaired) electrons. The Balaban J connectivity index is 1.50. The number of benzene rings is 1. The van der Waals surface area contributed by atoms with E-state index in [1.54, 1.807) is 29.2 Å². The first kappa shape index (κ1) is 19.6. The minimum Gasteiger partial charge on any atom is -0.457 e. The highest BCUT2D eigenvalue weighted by atomic mass is 16.5. The van der Waals surface area contributed by atoms with Crippen molar-refractivity contribution in [2.75, 3.05) is 6.54 Å². The van der Waals surface area contributed by atoms with Crippen LogP contribution >= 0.6 is 0 Å². The van der Waals surface area contributed by atoms with Crippen LogP contribution in [-0.4, -0.2) is 39.0 Å². The largest absolute Gasteiger partial charge is 0.457 e. The Hall–Kier alpha value is -3.74. The number of ether oxygens (including phenoxy) is 1. The van der Waals surface area contributed by atoms with Crippen LogP contribution < -0.4 is 10.1 Å². The summed E-state index contributed by atoms with van der Waals surface area (Å²) in [5.41, 5.74) is 3.90. The number of carbonyl (C=O) groups excluding carboxylic acids is 1. The Morgan fingerprint density at radius 2 is 2.17 bits per heavy atom. The molecule has 0 bridgehead atoms. The summed E-state index contributed by atoms with van der Waals surface area (Å²) in [5.74, 6) is 1.11. The topological polar surface area (TPSA) is 81.4 Å². The summed E-state index contributed by atoms with van der Waals surface area (Å²) in [6, 6.07) is 9.27. The zero-order valence-electron chi connectivity index (χ0n) is 17.2. The molecule has 152 valence electrons. The zero-order chi connectivity index (χ0) is 21.1. The molecule has 1 amide bonds. The first-order valence-corrected chi connectivity index (χ1v) is 9.75. The fraction of sp³-hybridized carbons (Fsp3) is 0.217. The number of pyridine rings is 1. The predicted octanol–water partition coefficient (Wildman–Crippen LogP) is 3.71. The van der Waals surface area contributed by atoms with Gasteiger partial charge in [0, 0.05) is 42.2 Å². The monoisotopic (exact) mass is 401 g/mol. The number of nitrogens with zero attached hydrogens (tertiary/aromatic N) is 4. The molecule has 0 fully saturated rings. The quantitative estimate of drug-likeness (QED) is 0.683. The van der Waals surface area contributed by atoms with Gasteiger partial charge in [0.1, 0.15) is 11.5 Å².